The molecule has 5 nitrogen and oxygen atoms in total. The lowest BCUT2D eigenvalue weighted by Gasteiger charge is -2.30. The highest BCUT2D eigenvalue weighted by atomic mass is 16.5. The van der Waals surface area contributed by atoms with Gasteiger partial charge in [-0.15, -0.1) is 0 Å². The molecule has 1 aliphatic rings. The van der Waals surface area contributed by atoms with Gasteiger partial charge in [0.1, 0.15) is 12.4 Å². The number of aliphatic hydroxyl groups excluding tert-OH is 1. The average molecular weight is 250 g/mol. The van der Waals surface area contributed by atoms with Crippen LogP contribution in [0, 0.1) is 0 Å². The highest BCUT2D eigenvalue weighted by Crippen LogP contribution is 2.17. The predicted octanol–water partition coefficient (Wildman–Crippen LogP) is 0.973. The molecule has 1 aromatic rings. The van der Waals surface area contributed by atoms with Crippen LogP contribution in [0.4, 0.5) is 4.79 Å². The van der Waals surface area contributed by atoms with Gasteiger partial charge < -0.3 is 20.1 Å². The number of para-hydroxylation sites is 1. The van der Waals surface area contributed by atoms with Crippen LogP contribution in [-0.2, 0) is 6.54 Å². The molecule has 0 saturated carbocycles. The van der Waals surface area contributed by atoms with Gasteiger partial charge in [-0.3, -0.25) is 0 Å². The number of likely N-dealkylation sites (tertiary alicyclic amines) is 1. The fourth-order valence-corrected chi connectivity index (χ4v) is 1.75. The largest absolute Gasteiger partial charge is 0.491 e. The Morgan fingerprint density at radius 3 is 2.83 bits per heavy atom. The second-order valence-corrected chi connectivity index (χ2v) is 4.18. The first-order valence-corrected chi connectivity index (χ1v) is 6.15. The van der Waals surface area contributed by atoms with E-state index in [2.05, 4.69) is 5.32 Å². The fourth-order valence-electron chi connectivity index (χ4n) is 1.75. The zero-order valence-corrected chi connectivity index (χ0v) is 10.3. The number of rotatable bonds is 5. The van der Waals surface area contributed by atoms with Crippen LogP contribution < -0.4 is 10.1 Å². The molecular weight excluding hydrogens is 232 g/mol. The van der Waals surface area contributed by atoms with Crippen LogP contribution in [-0.4, -0.2) is 42.3 Å². The SMILES string of the molecule is O=C(NCc1ccccc1OCCO)N1CCC1. The smallest absolute Gasteiger partial charge is 0.317 e. The summed E-state index contributed by atoms with van der Waals surface area (Å²) in [6.45, 7) is 2.37. The molecular formula is C13H18N2O3. The molecule has 0 bridgehead atoms. The number of nitrogens with one attached hydrogen (secondary N) is 1. The first kappa shape index (κ1) is 12.7. The Morgan fingerprint density at radius 2 is 2.17 bits per heavy atom. The van der Waals surface area contributed by atoms with Gasteiger partial charge in [0, 0.05) is 25.2 Å². The maximum Gasteiger partial charge on any atom is 0.317 e. The zero-order chi connectivity index (χ0) is 12.8. The summed E-state index contributed by atoms with van der Waals surface area (Å²) in [4.78, 5) is 13.4. The Labute approximate surface area is 106 Å². The van der Waals surface area contributed by atoms with Crippen molar-refractivity contribution in [1.82, 2.24) is 10.2 Å². The quantitative estimate of drug-likeness (QED) is 0.818. The third-order valence-corrected chi connectivity index (χ3v) is 2.89. The highest BCUT2D eigenvalue weighted by molar-refractivity contribution is 5.74. The van der Waals surface area contributed by atoms with Crippen molar-refractivity contribution in [3.8, 4) is 5.75 Å². The monoisotopic (exact) mass is 250 g/mol. The summed E-state index contributed by atoms with van der Waals surface area (Å²) in [5.74, 6) is 0.704. The number of amides is 2. The van der Waals surface area contributed by atoms with Crippen molar-refractivity contribution in [2.75, 3.05) is 26.3 Å². The third-order valence-electron chi connectivity index (χ3n) is 2.89. The van der Waals surface area contributed by atoms with Gasteiger partial charge in [0.2, 0.25) is 0 Å². The minimum Gasteiger partial charge on any atom is -0.491 e. The Bertz CT molecular complexity index is 405. The molecule has 0 aliphatic carbocycles. The van der Waals surface area contributed by atoms with Gasteiger partial charge in [0.15, 0.2) is 0 Å². The minimum atomic E-state index is -0.0294. The Hall–Kier alpha value is -1.75. The number of nitrogens with zero attached hydrogens (tertiary/aromatic N) is 1. The zero-order valence-electron chi connectivity index (χ0n) is 10.3. The molecule has 2 amide bonds. The van der Waals surface area contributed by atoms with Crippen molar-refractivity contribution >= 4 is 6.03 Å². The summed E-state index contributed by atoms with van der Waals surface area (Å²) in [7, 11) is 0. The summed E-state index contributed by atoms with van der Waals surface area (Å²) in [6, 6.07) is 7.48. The molecule has 2 N–H and O–H groups in total. The molecule has 0 radical (unpaired) electrons. The van der Waals surface area contributed by atoms with Gasteiger partial charge in [0.25, 0.3) is 0 Å². The van der Waals surface area contributed by atoms with Gasteiger partial charge in [-0.1, -0.05) is 18.2 Å². The van der Waals surface area contributed by atoms with Crippen molar-refractivity contribution in [2.45, 2.75) is 13.0 Å². The lowest BCUT2D eigenvalue weighted by atomic mass is 10.2. The molecule has 0 unspecified atom stereocenters. The maximum atomic E-state index is 11.7. The number of urea groups is 1. The number of hydrogen-bond acceptors (Lipinski definition) is 3. The van der Waals surface area contributed by atoms with Gasteiger partial charge in [-0.2, -0.15) is 0 Å². The van der Waals surface area contributed by atoms with Gasteiger partial charge in [0.05, 0.1) is 6.61 Å². The highest BCUT2D eigenvalue weighted by Gasteiger charge is 2.19. The van der Waals surface area contributed by atoms with E-state index < -0.39 is 0 Å². The molecule has 2 rings (SSSR count). The first-order valence-electron chi connectivity index (χ1n) is 6.15. The summed E-state index contributed by atoms with van der Waals surface area (Å²) < 4.78 is 5.40. The van der Waals surface area contributed by atoms with E-state index in [9.17, 15) is 4.79 Å². The molecule has 1 aromatic carbocycles. The molecule has 98 valence electrons. The fraction of sp³-hybridized carbons (Fsp3) is 0.462. The van der Waals surface area contributed by atoms with Gasteiger partial charge >= 0.3 is 6.03 Å². The van der Waals surface area contributed by atoms with Crippen LogP contribution >= 0.6 is 0 Å². The van der Waals surface area contributed by atoms with Crippen LogP contribution in [0.2, 0.25) is 0 Å². The molecule has 1 aliphatic heterocycles. The van der Waals surface area contributed by atoms with Crippen LogP contribution in [0.5, 0.6) is 5.75 Å². The Kier molecular flexibility index (Phi) is 4.41. The summed E-state index contributed by atoms with van der Waals surface area (Å²) >= 11 is 0. The summed E-state index contributed by atoms with van der Waals surface area (Å²) in [5, 5.41) is 11.6. The van der Waals surface area contributed by atoms with Crippen molar-refractivity contribution in [2.24, 2.45) is 0 Å². The van der Waals surface area contributed by atoms with E-state index in [4.69, 9.17) is 9.84 Å². The molecule has 1 saturated heterocycles. The molecule has 0 spiro atoms. The number of benzene rings is 1. The summed E-state index contributed by atoms with van der Waals surface area (Å²) in [5.41, 5.74) is 0.917. The van der Waals surface area contributed by atoms with Crippen molar-refractivity contribution < 1.29 is 14.6 Å². The topological polar surface area (TPSA) is 61.8 Å². The molecule has 0 atom stereocenters. The average Bonchev–Trinajstić information content (AvgIpc) is 2.32. The van der Waals surface area contributed by atoms with E-state index in [1.54, 1.807) is 4.90 Å². The maximum absolute atomic E-state index is 11.7. The van der Waals surface area contributed by atoms with E-state index in [0.29, 0.717) is 12.3 Å². The Balaban J connectivity index is 1.89. The second kappa shape index (κ2) is 6.26. The predicted molar refractivity (Wildman–Crippen MR) is 67.4 cm³/mol. The first-order chi connectivity index (χ1) is 8.81. The standard InChI is InChI=1S/C13H18N2O3/c16-8-9-18-12-5-2-1-4-11(12)10-14-13(17)15-6-3-7-15/h1-2,4-5,16H,3,6-10H2,(H,14,17). The number of aliphatic hydroxyl groups is 1. The molecule has 1 heterocycles. The van der Waals surface area contributed by atoms with Crippen molar-refractivity contribution in [3.05, 3.63) is 29.8 Å². The van der Waals surface area contributed by atoms with Gasteiger partial charge in [-0.05, 0) is 12.5 Å². The lowest BCUT2D eigenvalue weighted by molar-refractivity contribution is 0.167. The minimum absolute atomic E-state index is 0.0194. The lowest BCUT2D eigenvalue weighted by Crippen LogP contribution is -2.47. The van der Waals surface area contributed by atoms with E-state index in [1.165, 1.54) is 0 Å². The van der Waals surface area contributed by atoms with Crippen LogP contribution in [0.15, 0.2) is 24.3 Å². The molecule has 0 aromatic heterocycles. The van der Waals surface area contributed by atoms with E-state index in [0.717, 1.165) is 25.1 Å². The number of ether oxygens (including phenoxy) is 1. The van der Waals surface area contributed by atoms with E-state index in [1.807, 2.05) is 24.3 Å². The van der Waals surface area contributed by atoms with Crippen LogP contribution in [0.1, 0.15) is 12.0 Å². The Morgan fingerprint density at radius 1 is 1.39 bits per heavy atom. The van der Waals surface area contributed by atoms with Crippen LogP contribution in [0.3, 0.4) is 0 Å². The number of carbonyl (C=O) groups is 1. The summed E-state index contributed by atoms with van der Waals surface area (Å²) in [6.07, 6.45) is 1.09. The van der Waals surface area contributed by atoms with E-state index >= 15 is 0 Å². The molecule has 1 fully saturated rings. The van der Waals surface area contributed by atoms with Crippen LogP contribution in [0.25, 0.3) is 0 Å². The van der Waals surface area contributed by atoms with Crippen molar-refractivity contribution in [1.29, 1.82) is 0 Å². The number of carbonyl (C=O) groups excluding carboxylic acids is 1. The van der Waals surface area contributed by atoms with Gasteiger partial charge in [-0.25, -0.2) is 4.79 Å². The molecule has 18 heavy (non-hydrogen) atoms. The third kappa shape index (κ3) is 3.13. The van der Waals surface area contributed by atoms with E-state index in [-0.39, 0.29) is 19.2 Å². The van der Waals surface area contributed by atoms with Crippen molar-refractivity contribution in [3.63, 3.8) is 0 Å². The normalized spacial score (nSPS) is 13.9. The molecule has 5 heteroatoms. The number of hydrogen-bond donors (Lipinski definition) is 2. The second-order valence-electron chi connectivity index (χ2n) is 4.18.